The summed E-state index contributed by atoms with van der Waals surface area (Å²) in [6.45, 7) is 10.2. The predicted molar refractivity (Wildman–Crippen MR) is 106 cm³/mol. The summed E-state index contributed by atoms with van der Waals surface area (Å²) in [5.41, 5.74) is 6.58. The number of hydrogen-bond donors (Lipinski definition) is 1. The van der Waals surface area contributed by atoms with Crippen LogP contribution in [0.2, 0.25) is 0 Å². The second kappa shape index (κ2) is 6.93. The SMILES string of the molecule is [C-]#[N+]Cc1ccc(NC2CCn3nnc(C)c3-c3ccc(Br)cc32)cc1. The maximum atomic E-state index is 6.98. The van der Waals surface area contributed by atoms with Crippen molar-refractivity contribution in [3.63, 3.8) is 0 Å². The fourth-order valence-electron chi connectivity index (χ4n) is 3.48. The Morgan fingerprint density at radius 2 is 2.08 bits per heavy atom. The molecule has 4 rings (SSSR count). The van der Waals surface area contributed by atoms with Crippen molar-refractivity contribution in [1.29, 1.82) is 0 Å². The van der Waals surface area contributed by atoms with Gasteiger partial charge in [-0.2, -0.15) is 0 Å². The largest absolute Gasteiger partial charge is 0.378 e. The first-order valence-electron chi connectivity index (χ1n) is 8.54. The topological polar surface area (TPSA) is 47.1 Å². The van der Waals surface area contributed by atoms with Crippen LogP contribution in [0, 0.1) is 13.5 Å². The lowest BCUT2D eigenvalue weighted by atomic mass is 9.96. The average Bonchev–Trinajstić information content (AvgIpc) is 2.93. The molecule has 1 aromatic heterocycles. The highest BCUT2D eigenvalue weighted by atomic mass is 79.9. The highest BCUT2D eigenvalue weighted by Crippen LogP contribution is 2.38. The van der Waals surface area contributed by atoms with Crippen molar-refractivity contribution in [3.05, 3.63) is 75.2 Å². The van der Waals surface area contributed by atoms with Gasteiger partial charge in [0.2, 0.25) is 6.54 Å². The van der Waals surface area contributed by atoms with E-state index in [1.54, 1.807) is 0 Å². The number of aryl methyl sites for hydroxylation is 2. The lowest BCUT2D eigenvalue weighted by molar-refractivity contribution is 0.539. The lowest BCUT2D eigenvalue weighted by Gasteiger charge is -2.21. The zero-order valence-electron chi connectivity index (χ0n) is 14.4. The van der Waals surface area contributed by atoms with Gasteiger partial charge in [0.1, 0.15) is 0 Å². The summed E-state index contributed by atoms with van der Waals surface area (Å²) in [6.07, 6.45) is 0.920. The summed E-state index contributed by atoms with van der Waals surface area (Å²) in [7, 11) is 0. The summed E-state index contributed by atoms with van der Waals surface area (Å²) in [5.74, 6) is 0. The van der Waals surface area contributed by atoms with Crippen LogP contribution in [0.25, 0.3) is 16.1 Å². The molecule has 26 heavy (non-hydrogen) atoms. The van der Waals surface area contributed by atoms with Crippen molar-refractivity contribution in [3.8, 4) is 11.3 Å². The number of rotatable bonds is 3. The quantitative estimate of drug-likeness (QED) is 0.621. The maximum Gasteiger partial charge on any atom is 0.239 e. The van der Waals surface area contributed by atoms with Crippen LogP contribution in [0.1, 0.15) is 29.3 Å². The second-order valence-electron chi connectivity index (χ2n) is 6.48. The summed E-state index contributed by atoms with van der Waals surface area (Å²) >= 11 is 3.61. The number of aromatic nitrogens is 3. The smallest absolute Gasteiger partial charge is 0.239 e. The van der Waals surface area contributed by atoms with E-state index in [1.165, 1.54) is 11.1 Å². The van der Waals surface area contributed by atoms with Gasteiger partial charge in [0, 0.05) is 27.8 Å². The predicted octanol–water partition coefficient (Wildman–Crippen LogP) is 4.99. The Hall–Kier alpha value is -2.65. The number of nitrogens with zero attached hydrogens (tertiary/aromatic N) is 4. The summed E-state index contributed by atoms with van der Waals surface area (Å²) in [6, 6.07) is 14.7. The van der Waals surface area contributed by atoms with Crippen molar-refractivity contribution < 1.29 is 0 Å². The molecule has 1 unspecified atom stereocenters. The van der Waals surface area contributed by atoms with Crippen molar-refractivity contribution in [2.45, 2.75) is 32.5 Å². The Morgan fingerprint density at radius 3 is 2.85 bits per heavy atom. The molecule has 0 spiro atoms. The standard InChI is InChI=1S/C20H18BrN5/c1-13-20-17-8-5-15(21)11-18(17)19(9-10-26(20)25-24-13)23-16-6-3-14(4-7-16)12-22-2/h3-8,11,19,23H,9-10,12H2,1H3. The van der Waals surface area contributed by atoms with E-state index in [1.807, 2.05) is 23.7 Å². The monoisotopic (exact) mass is 407 g/mol. The van der Waals surface area contributed by atoms with E-state index in [0.29, 0.717) is 6.54 Å². The molecule has 0 amide bonds. The van der Waals surface area contributed by atoms with Gasteiger partial charge >= 0.3 is 0 Å². The number of halogens is 1. The molecule has 0 bridgehead atoms. The van der Waals surface area contributed by atoms with Crippen molar-refractivity contribution in [1.82, 2.24) is 15.0 Å². The first-order valence-corrected chi connectivity index (χ1v) is 9.33. The third-order valence-corrected chi connectivity index (χ3v) is 5.23. The van der Waals surface area contributed by atoms with E-state index in [0.717, 1.165) is 40.1 Å². The van der Waals surface area contributed by atoms with Gasteiger partial charge < -0.3 is 10.2 Å². The van der Waals surface area contributed by atoms with Crippen LogP contribution in [-0.4, -0.2) is 15.0 Å². The van der Waals surface area contributed by atoms with Crippen molar-refractivity contribution >= 4 is 21.6 Å². The fourth-order valence-corrected chi connectivity index (χ4v) is 3.86. The first kappa shape index (κ1) is 16.8. The van der Waals surface area contributed by atoms with Crippen LogP contribution in [0.4, 0.5) is 5.69 Å². The van der Waals surface area contributed by atoms with Crippen LogP contribution >= 0.6 is 15.9 Å². The molecular formula is C20H18BrN5. The van der Waals surface area contributed by atoms with Crippen molar-refractivity contribution in [2.24, 2.45) is 0 Å². The Labute approximate surface area is 161 Å². The molecule has 130 valence electrons. The van der Waals surface area contributed by atoms with Crippen LogP contribution in [0.15, 0.2) is 46.9 Å². The van der Waals surface area contributed by atoms with Gasteiger partial charge in [-0.3, -0.25) is 0 Å². The number of benzene rings is 2. The molecule has 6 heteroatoms. The molecule has 1 aliphatic rings. The molecule has 1 N–H and O–H groups in total. The molecule has 0 saturated heterocycles. The van der Waals surface area contributed by atoms with Crippen molar-refractivity contribution in [2.75, 3.05) is 5.32 Å². The highest BCUT2D eigenvalue weighted by molar-refractivity contribution is 9.10. The third-order valence-electron chi connectivity index (χ3n) is 4.73. The molecule has 1 atom stereocenters. The molecule has 1 aliphatic heterocycles. The molecule has 5 nitrogen and oxygen atoms in total. The van der Waals surface area contributed by atoms with E-state index in [-0.39, 0.29) is 6.04 Å². The van der Waals surface area contributed by atoms with E-state index in [2.05, 4.69) is 66.7 Å². The second-order valence-corrected chi connectivity index (χ2v) is 7.39. The highest BCUT2D eigenvalue weighted by Gasteiger charge is 2.25. The van der Waals surface area contributed by atoms with Gasteiger partial charge in [0.25, 0.3) is 0 Å². The normalized spacial score (nSPS) is 15.5. The fraction of sp³-hybridized carbons (Fsp3) is 0.250. The van der Waals surface area contributed by atoms with Crippen LogP contribution in [-0.2, 0) is 13.1 Å². The lowest BCUT2D eigenvalue weighted by Crippen LogP contribution is -2.12. The number of nitrogens with one attached hydrogen (secondary N) is 1. The van der Waals surface area contributed by atoms with Crippen LogP contribution < -0.4 is 5.32 Å². The van der Waals surface area contributed by atoms with E-state index < -0.39 is 0 Å². The van der Waals surface area contributed by atoms with Gasteiger partial charge in [0.05, 0.1) is 17.4 Å². The molecule has 2 aromatic carbocycles. The van der Waals surface area contributed by atoms with Gasteiger partial charge in [0.15, 0.2) is 0 Å². The zero-order chi connectivity index (χ0) is 18.1. The number of fused-ring (bicyclic) bond motifs is 3. The number of hydrogen-bond acceptors (Lipinski definition) is 3. The molecule has 0 fully saturated rings. The van der Waals surface area contributed by atoms with Crippen LogP contribution in [0.5, 0.6) is 0 Å². The molecular weight excluding hydrogens is 390 g/mol. The molecule has 2 heterocycles. The zero-order valence-corrected chi connectivity index (χ0v) is 16.0. The summed E-state index contributed by atoms with van der Waals surface area (Å²) in [5, 5.41) is 12.2. The molecule has 3 aromatic rings. The van der Waals surface area contributed by atoms with E-state index in [4.69, 9.17) is 6.57 Å². The van der Waals surface area contributed by atoms with Gasteiger partial charge in [-0.05, 0) is 55.3 Å². The summed E-state index contributed by atoms with van der Waals surface area (Å²) in [4.78, 5) is 3.44. The average molecular weight is 408 g/mol. The molecule has 0 radical (unpaired) electrons. The van der Waals surface area contributed by atoms with E-state index >= 15 is 0 Å². The Balaban J connectivity index is 1.70. The molecule has 0 aliphatic carbocycles. The number of anilines is 1. The van der Waals surface area contributed by atoms with E-state index in [9.17, 15) is 0 Å². The Morgan fingerprint density at radius 1 is 1.27 bits per heavy atom. The molecule has 0 saturated carbocycles. The minimum Gasteiger partial charge on any atom is -0.378 e. The minimum absolute atomic E-state index is 0.176. The van der Waals surface area contributed by atoms with Gasteiger partial charge in [-0.15, -0.1) is 5.10 Å². The Kier molecular flexibility index (Phi) is 4.48. The van der Waals surface area contributed by atoms with Crippen LogP contribution in [0.3, 0.4) is 0 Å². The van der Waals surface area contributed by atoms with Gasteiger partial charge in [-0.1, -0.05) is 27.2 Å². The minimum atomic E-state index is 0.176. The van der Waals surface area contributed by atoms with Gasteiger partial charge in [-0.25, -0.2) is 11.3 Å². The summed E-state index contributed by atoms with van der Waals surface area (Å²) < 4.78 is 3.07. The Bertz CT molecular complexity index is 984. The maximum absolute atomic E-state index is 6.98. The third kappa shape index (κ3) is 3.11. The first-order chi connectivity index (χ1) is 12.7.